The number of aliphatic hydroxyl groups is 3. The van der Waals surface area contributed by atoms with Crippen LogP contribution in [0.25, 0.3) is 0 Å². The smallest absolute Gasteiger partial charge is 0.114 e. The molecule has 0 aromatic carbocycles. The number of ether oxygens (including phenoxy) is 2. The Kier molecular flexibility index (Phi) is 22.1. The van der Waals surface area contributed by atoms with Gasteiger partial charge in [-0.3, -0.25) is 4.39 Å². The van der Waals surface area contributed by atoms with E-state index in [-0.39, 0.29) is 18.3 Å². The zero-order valence-electron chi connectivity index (χ0n) is 25.6. The monoisotopic (exact) mass is 511 g/mol. The normalized spacial score (nSPS) is 19.5. The van der Waals surface area contributed by atoms with Gasteiger partial charge in [-0.05, 0) is 85.2 Å². The highest BCUT2D eigenvalue weighted by Crippen LogP contribution is 2.30. The van der Waals surface area contributed by atoms with Crippen molar-refractivity contribution >= 4 is 0 Å². The number of methoxy groups -OCH3 is 1. The lowest BCUT2D eigenvalue weighted by Gasteiger charge is -2.35. The molecule has 0 radical (unpaired) electrons. The molecule has 0 aromatic heterocycles. The third kappa shape index (κ3) is 17.7. The third-order valence-corrected chi connectivity index (χ3v) is 6.24. The molecule has 1 unspecified atom stereocenters. The average Bonchev–Trinajstić information content (AvgIpc) is 2.72. The number of hydrogen-bond acceptors (Lipinski definition) is 6. The van der Waals surface area contributed by atoms with Crippen molar-refractivity contribution in [3.63, 3.8) is 0 Å². The highest BCUT2D eigenvalue weighted by Gasteiger charge is 2.37. The predicted molar refractivity (Wildman–Crippen MR) is 147 cm³/mol. The minimum Gasteiger partial charge on any atom is -0.390 e. The maximum atomic E-state index is 10.8. The Morgan fingerprint density at radius 3 is 1.69 bits per heavy atom. The summed E-state index contributed by atoms with van der Waals surface area (Å²) in [4.78, 5) is 2.18. The molecule has 216 valence electrons. The van der Waals surface area contributed by atoms with Gasteiger partial charge >= 0.3 is 0 Å². The molecule has 0 aliphatic heterocycles. The fourth-order valence-corrected chi connectivity index (χ4v) is 5.04. The van der Waals surface area contributed by atoms with Crippen molar-refractivity contribution < 1.29 is 29.2 Å². The Labute approximate surface area is 217 Å². The van der Waals surface area contributed by atoms with Crippen LogP contribution in [-0.2, 0) is 9.47 Å². The highest BCUT2D eigenvalue weighted by molar-refractivity contribution is 4.88. The summed E-state index contributed by atoms with van der Waals surface area (Å²) in [5.74, 6) is 1.32. The fraction of sp³-hybridized carbons (Fsp3) is 1.00. The van der Waals surface area contributed by atoms with E-state index in [1.165, 1.54) is 0 Å². The van der Waals surface area contributed by atoms with Gasteiger partial charge in [0.25, 0.3) is 0 Å². The first-order chi connectivity index (χ1) is 15.9. The summed E-state index contributed by atoms with van der Waals surface area (Å²) < 4.78 is 20.6. The van der Waals surface area contributed by atoms with Crippen LogP contribution in [0.15, 0.2) is 0 Å². The van der Waals surface area contributed by atoms with Gasteiger partial charge in [0.15, 0.2) is 0 Å². The first kappa shape index (κ1) is 39.2. The summed E-state index contributed by atoms with van der Waals surface area (Å²) in [7, 11) is 6.21. The minimum absolute atomic E-state index is 0.209. The van der Waals surface area contributed by atoms with Crippen molar-refractivity contribution in [2.75, 3.05) is 34.9 Å². The summed E-state index contributed by atoms with van der Waals surface area (Å²) in [6.07, 6.45) is 2.28. The van der Waals surface area contributed by atoms with Crippen LogP contribution in [0.1, 0.15) is 94.9 Å². The van der Waals surface area contributed by atoms with Gasteiger partial charge in [-0.2, -0.15) is 0 Å². The summed E-state index contributed by atoms with van der Waals surface area (Å²) in [5, 5.41) is 30.1. The van der Waals surface area contributed by atoms with Crippen LogP contribution in [0.3, 0.4) is 0 Å². The predicted octanol–water partition coefficient (Wildman–Crippen LogP) is 5.32. The summed E-state index contributed by atoms with van der Waals surface area (Å²) in [6.45, 7) is 21.3. The van der Waals surface area contributed by atoms with Gasteiger partial charge in [-0.15, -0.1) is 0 Å². The molecule has 0 amide bonds. The van der Waals surface area contributed by atoms with E-state index in [0.29, 0.717) is 37.8 Å². The average molecular weight is 512 g/mol. The van der Waals surface area contributed by atoms with E-state index in [2.05, 4.69) is 60.5 Å². The van der Waals surface area contributed by atoms with Crippen LogP contribution >= 0.6 is 0 Å². The first-order valence-corrected chi connectivity index (χ1v) is 13.3. The largest absolute Gasteiger partial charge is 0.390 e. The number of nitrogens with zero attached hydrogens (tertiary/aromatic N) is 1. The second kappa shape index (κ2) is 19.8. The van der Waals surface area contributed by atoms with Crippen molar-refractivity contribution in [1.82, 2.24) is 4.90 Å². The Morgan fingerprint density at radius 1 is 0.886 bits per heavy atom. The minimum atomic E-state index is -1.14. The van der Waals surface area contributed by atoms with E-state index >= 15 is 0 Å². The van der Waals surface area contributed by atoms with E-state index in [1.54, 1.807) is 14.0 Å². The van der Waals surface area contributed by atoms with E-state index in [9.17, 15) is 19.7 Å². The zero-order chi connectivity index (χ0) is 28.6. The van der Waals surface area contributed by atoms with E-state index < -0.39 is 17.3 Å². The first-order valence-electron chi connectivity index (χ1n) is 13.3. The second-order valence-corrected chi connectivity index (χ2v) is 11.4. The summed E-state index contributed by atoms with van der Waals surface area (Å²) >= 11 is 0. The Morgan fingerprint density at radius 2 is 1.37 bits per heavy atom. The van der Waals surface area contributed by atoms with Gasteiger partial charge < -0.3 is 29.7 Å². The fourth-order valence-electron chi connectivity index (χ4n) is 5.04. The van der Waals surface area contributed by atoms with Crippen molar-refractivity contribution in [2.45, 2.75) is 131 Å². The molecule has 0 heterocycles. The molecule has 0 bridgehead atoms. The lowest BCUT2D eigenvalue weighted by molar-refractivity contribution is -0.147. The van der Waals surface area contributed by atoms with Gasteiger partial charge in [0.1, 0.15) is 5.60 Å². The Balaban J connectivity index is -0.000000620. The number of halogens is 1. The van der Waals surface area contributed by atoms with Crippen molar-refractivity contribution in [1.29, 1.82) is 0 Å². The third-order valence-electron chi connectivity index (χ3n) is 6.24. The van der Waals surface area contributed by atoms with Crippen molar-refractivity contribution in [3.05, 3.63) is 0 Å². The highest BCUT2D eigenvalue weighted by atomic mass is 19.1. The molecule has 35 heavy (non-hydrogen) atoms. The Hall–Kier alpha value is -0.310. The second-order valence-electron chi connectivity index (χ2n) is 11.4. The van der Waals surface area contributed by atoms with Gasteiger partial charge in [0.2, 0.25) is 0 Å². The SMILES string of the molecule is CC(C)O[C@H](C(C)C)[C@H](C)C[C@](C)(O)C[C@@H](C)CN(C)C.CCC(O)[C@](C)(O)[C@@H](CC)OC.CF. The van der Waals surface area contributed by atoms with Crippen LogP contribution in [0.2, 0.25) is 0 Å². The molecule has 0 aromatic rings. The molecule has 0 aliphatic carbocycles. The molecular weight excluding hydrogens is 449 g/mol. The maximum absolute atomic E-state index is 10.8. The Bertz CT molecular complexity index is 482. The maximum Gasteiger partial charge on any atom is 0.114 e. The quantitative estimate of drug-likeness (QED) is 0.276. The number of hydrogen-bond donors (Lipinski definition) is 3. The standard InChI is InChI=1S/C18H39NO2.C9H20O3.CH3F/c1-13(2)17(21-14(3)4)16(6)11-18(7,20)10-15(5)12-19(8)9;1-5-7(10)9(3,11)8(6-2)12-4;1-2/h13-17,20H,10-12H2,1-9H3;7-8,10-11H,5-6H2,1-4H3;1H3/t15-,16-,17-,18-;7?,8-,9+;/m11./s1. The van der Waals surface area contributed by atoms with Crippen LogP contribution < -0.4 is 0 Å². The number of alkyl halides is 1. The molecule has 0 saturated carbocycles. The van der Waals surface area contributed by atoms with Gasteiger partial charge in [-0.1, -0.05) is 41.5 Å². The van der Waals surface area contributed by atoms with Crippen molar-refractivity contribution in [3.8, 4) is 0 Å². The molecule has 7 heteroatoms. The molecule has 0 rings (SSSR count). The molecule has 0 saturated heterocycles. The van der Waals surface area contributed by atoms with Gasteiger partial charge in [-0.25, -0.2) is 0 Å². The molecule has 0 aliphatic rings. The lowest BCUT2D eigenvalue weighted by atomic mass is 9.81. The lowest BCUT2D eigenvalue weighted by Crippen LogP contribution is -2.49. The molecular formula is C28H62FNO5. The summed E-state index contributed by atoms with van der Waals surface area (Å²) in [6, 6.07) is 0. The molecule has 0 fully saturated rings. The van der Waals surface area contributed by atoms with Crippen LogP contribution in [0, 0.1) is 17.8 Å². The zero-order valence-corrected chi connectivity index (χ0v) is 25.6. The molecule has 0 spiro atoms. The molecule has 6 nitrogen and oxygen atoms in total. The van der Waals surface area contributed by atoms with E-state index in [4.69, 9.17) is 9.47 Å². The topological polar surface area (TPSA) is 82.4 Å². The van der Waals surface area contributed by atoms with Crippen molar-refractivity contribution in [2.24, 2.45) is 17.8 Å². The van der Waals surface area contributed by atoms with E-state index in [0.717, 1.165) is 19.4 Å². The number of rotatable bonds is 15. The molecule has 3 N–H and O–H groups in total. The van der Waals surface area contributed by atoms with Crippen LogP contribution in [0.5, 0.6) is 0 Å². The number of aliphatic hydroxyl groups excluding tert-OH is 1. The van der Waals surface area contributed by atoms with Crippen LogP contribution in [-0.4, -0.2) is 90.8 Å². The van der Waals surface area contributed by atoms with Gasteiger partial charge in [0.05, 0.1) is 37.2 Å². The van der Waals surface area contributed by atoms with E-state index in [1.807, 2.05) is 20.8 Å². The summed E-state index contributed by atoms with van der Waals surface area (Å²) in [5.41, 5.74) is -1.76. The van der Waals surface area contributed by atoms with Gasteiger partial charge in [0, 0.05) is 13.7 Å². The molecule has 7 atom stereocenters. The van der Waals surface area contributed by atoms with Crippen LogP contribution in [0.4, 0.5) is 4.39 Å².